The number of rotatable bonds is 8. The molecule has 1 aromatic carbocycles. The van der Waals surface area contributed by atoms with E-state index in [1.807, 2.05) is 37.7 Å². The zero-order chi connectivity index (χ0) is 19.9. The molecule has 0 saturated carbocycles. The van der Waals surface area contributed by atoms with Crippen LogP contribution in [0, 0.1) is 0 Å². The predicted molar refractivity (Wildman–Crippen MR) is 100 cm³/mol. The normalized spacial score (nSPS) is 10.8. The Labute approximate surface area is 177 Å². The molecule has 1 N–H and O–H groups in total. The standard InChI is InChI=1S/C20H27N3O4.Li/c1-20(2,3)27-19(26)21-10-5-4-6-11-23-14-17(13-22-23)15-8-7-9-16(12-15)18(24)25;/h7-9,12-14H,4-6,10-11H2,1-3H3,(H,21,26)(H,24,25);/q;+1/p-1. The molecule has 0 unspecified atom stereocenters. The minimum Gasteiger partial charge on any atom is -0.545 e. The molecule has 146 valence electrons. The molecule has 0 fully saturated rings. The number of ether oxygens (including phenoxy) is 1. The molecule has 1 aromatic heterocycles. The quantitative estimate of drug-likeness (QED) is 0.498. The largest absolute Gasteiger partial charge is 1.00 e. The van der Waals surface area contributed by atoms with Crippen molar-refractivity contribution < 1.29 is 38.3 Å². The van der Waals surface area contributed by atoms with Crippen LogP contribution in [0.4, 0.5) is 4.79 Å². The second kappa shape index (κ2) is 10.9. The smallest absolute Gasteiger partial charge is 0.545 e. The average molecular weight is 379 g/mol. The maximum Gasteiger partial charge on any atom is 1.00 e. The number of carboxylic acid groups (broad SMARTS) is 1. The van der Waals surface area contributed by atoms with Crippen LogP contribution in [0.2, 0.25) is 0 Å². The van der Waals surface area contributed by atoms with Gasteiger partial charge in [-0.05, 0) is 57.2 Å². The van der Waals surface area contributed by atoms with E-state index in [1.54, 1.807) is 18.3 Å². The molecule has 0 aliphatic carbocycles. The zero-order valence-electron chi connectivity index (χ0n) is 17.0. The van der Waals surface area contributed by atoms with Crippen LogP contribution in [0.5, 0.6) is 0 Å². The molecule has 8 heteroatoms. The molecule has 0 aliphatic rings. The SMILES string of the molecule is CC(C)(C)OC(=O)NCCCCCn1cc(-c2cccc(C(=O)[O-])c2)cn1.[Li+]. The molecule has 0 bridgehead atoms. The number of benzene rings is 1. The molecule has 7 nitrogen and oxygen atoms in total. The van der Waals surface area contributed by atoms with Gasteiger partial charge in [0.1, 0.15) is 5.60 Å². The van der Waals surface area contributed by atoms with Crippen molar-refractivity contribution in [2.24, 2.45) is 0 Å². The summed E-state index contributed by atoms with van der Waals surface area (Å²) in [6.45, 7) is 6.83. The Balaban J connectivity index is 0.00000392. The van der Waals surface area contributed by atoms with Crippen LogP contribution < -0.4 is 29.3 Å². The summed E-state index contributed by atoms with van der Waals surface area (Å²) in [7, 11) is 0. The second-order valence-electron chi connectivity index (χ2n) is 7.35. The summed E-state index contributed by atoms with van der Waals surface area (Å²) in [6.07, 6.45) is 5.96. The fourth-order valence-corrected chi connectivity index (χ4v) is 2.54. The topological polar surface area (TPSA) is 96.3 Å². The molecule has 0 aliphatic heterocycles. The van der Waals surface area contributed by atoms with Gasteiger partial charge in [-0.15, -0.1) is 0 Å². The zero-order valence-corrected chi connectivity index (χ0v) is 17.0. The average Bonchev–Trinajstić information content (AvgIpc) is 3.05. The molecule has 28 heavy (non-hydrogen) atoms. The van der Waals surface area contributed by atoms with Gasteiger partial charge in [-0.1, -0.05) is 18.2 Å². The molecule has 2 aromatic rings. The minimum absolute atomic E-state index is 0. The van der Waals surface area contributed by atoms with E-state index in [1.165, 1.54) is 6.07 Å². The van der Waals surface area contributed by atoms with Crippen molar-refractivity contribution in [3.63, 3.8) is 0 Å². The van der Waals surface area contributed by atoms with Crippen LogP contribution in [-0.2, 0) is 11.3 Å². The molecule has 2 rings (SSSR count). The van der Waals surface area contributed by atoms with Gasteiger partial charge >= 0.3 is 25.0 Å². The van der Waals surface area contributed by atoms with Gasteiger partial charge in [0.05, 0.1) is 12.2 Å². The third-order valence-electron chi connectivity index (χ3n) is 3.80. The first kappa shape index (κ1) is 23.8. The van der Waals surface area contributed by atoms with E-state index < -0.39 is 17.7 Å². The van der Waals surface area contributed by atoms with Crippen LogP contribution in [-0.4, -0.2) is 34.0 Å². The summed E-state index contributed by atoms with van der Waals surface area (Å²) in [5.74, 6) is -1.19. The van der Waals surface area contributed by atoms with Crippen molar-refractivity contribution in [1.82, 2.24) is 15.1 Å². The molecule has 1 amide bonds. The minimum atomic E-state index is -1.19. The van der Waals surface area contributed by atoms with Crippen LogP contribution in [0.3, 0.4) is 0 Å². The van der Waals surface area contributed by atoms with Gasteiger partial charge in [-0.25, -0.2) is 4.79 Å². The number of aromatic nitrogens is 2. The number of amides is 1. The van der Waals surface area contributed by atoms with Gasteiger partial charge in [0.25, 0.3) is 0 Å². The molecule has 0 spiro atoms. The number of carboxylic acids is 1. The maximum atomic E-state index is 11.5. The number of hydrogen-bond donors (Lipinski definition) is 1. The molecule has 1 heterocycles. The number of nitrogens with zero attached hydrogens (tertiary/aromatic N) is 2. The predicted octanol–water partition coefficient (Wildman–Crippen LogP) is -0.387. The first-order valence-electron chi connectivity index (χ1n) is 9.06. The van der Waals surface area contributed by atoms with Gasteiger partial charge in [0, 0.05) is 24.8 Å². The second-order valence-corrected chi connectivity index (χ2v) is 7.35. The Kier molecular flexibility index (Phi) is 9.30. The van der Waals surface area contributed by atoms with Crippen LogP contribution in [0.25, 0.3) is 11.1 Å². The van der Waals surface area contributed by atoms with Crippen molar-refractivity contribution in [3.05, 3.63) is 42.2 Å². The molecular weight excluding hydrogens is 353 g/mol. The summed E-state index contributed by atoms with van der Waals surface area (Å²) in [5.41, 5.74) is 1.33. The summed E-state index contributed by atoms with van der Waals surface area (Å²) in [5, 5.41) is 18.0. The Morgan fingerprint density at radius 1 is 1.18 bits per heavy atom. The van der Waals surface area contributed by atoms with E-state index in [-0.39, 0.29) is 24.4 Å². The Morgan fingerprint density at radius 3 is 2.61 bits per heavy atom. The fourth-order valence-electron chi connectivity index (χ4n) is 2.54. The Hall–Kier alpha value is -2.23. The number of hydrogen-bond acceptors (Lipinski definition) is 5. The number of carbonyl (C=O) groups excluding carboxylic acids is 2. The number of nitrogens with one attached hydrogen (secondary N) is 1. The summed E-state index contributed by atoms with van der Waals surface area (Å²) < 4.78 is 7.01. The van der Waals surface area contributed by atoms with Crippen molar-refractivity contribution in [2.45, 2.75) is 52.2 Å². The molecule has 0 saturated heterocycles. The third-order valence-corrected chi connectivity index (χ3v) is 3.80. The summed E-state index contributed by atoms with van der Waals surface area (Å²) in [6, 6.07) is 6.62. The first-order valence-corrected chi connectivity index (χ1v) is 9.06. The molecule has 0 atom stereocenters. The van der Waals surface area contributed by atoms with Crippen molar-refractivity contribution >= 4 is 12.1 Å². The van der Waals surface area contributed by atoms with Gasteiger partial charge in [0.15, 0.2) is 0 Å². The van der Waals surface area contributed by atoms with E-state index in [9.17, 15) is 14.7 Å². The number of aryl methyl sites for hydroxylation is 1. The number of unbranched alkanes of at least 4 members (excludes halogenated alkanes) is 2. The van der Waals surface area contributed by atoms with Crippen molar-refractivity contribution in [2.75, 3.05) is 6.54 Å². The number of alkyl carbamates (subject to hydrolysis) is 1. The Morgan fingerprint density at radius 2 is 1.93 bits per heavy atom. The van der Waals surface area contributed by atoms with E-state index in [4.69, 9.17) is 4.74 Å². The summed E-state index contributed by atoms with van der Waals surface area (Å²) in [4.78, 5) is 22.5. The van der Waals surface area contributed by atoms with Crippen molar-refractivity contribution in [3.8, 4) is 11.1 Å². The number of aromatic carboxylic acids is 1. The van der Waals surface area contributed by atoms with Gasteiger partial charge < -0.3 is 20.0 Å². The number of carbonyl (C=O) groups is 2. The van der Waals surface area contributed by atoms with Crippen LogP contribution in [0.15, 0.2) is 36.7 Å². The van der Waals surface area contributed by atoms with Crippen LogP contribution >= 0.6 is 0 Å². The third kappa shape index (κ3) is 8.20. The van der Waals surface area contributed by atoms with E-state index in [2.05, 4.69) is 10.4 Å². The monoisotopic (exact) mass is 379 g/mol. The van der Waals surface area contributed by atoms with E-state index in [0.29, 0.717) is 6.54 Å². The molecule has 0 radical (unpaired) electrons. The van der Waals surface area contributed by atoms with E-state index >= 15 is 0 Å². The van der Waals surface area contributed by atoms with Crippen LogP contribution in [0.1, 0.15) is 50.4 Å². The van der Waals surface area contributed by atoms with Gasteiger partial charge in [0.2, 0.25) is 0 Å². The first-order chi connectivity index (χ1) is 12.7. The van der Waals surface area contributed by atoms with E-state index in [0.717, 1.165) is 36.9 Å². The maximum absolute atomic E-state index is 11.5. The van der Waals surface area contributed by atoms with Gasteiger partial charge in [-0.3, -0.25) is 4.68 Å². The molecular formula is C20H26LiN3O4. The summed E-state index contributed by atoms with van der Waals surface area (Å²) >= 11 is 0. The fraction of sp³-hybridized carbons (Fsp3) is 0.450. The van der Waals surface area contributed by atoms with Crippen molar-refractivity contribution in [1.29, 1.82) is 0 Å². The Bertz CT molecular complexity index is 784. The van der Waals surface area contributed by atoms with Gasteiger partial charge in [-0.2, -0.15) is 5.10 Å².